The van der Waals surface area contributed by atoms with Crippen molar-refractivity contribution >= 4 is 41.0 Å². The number of nitrogens with two attached hydrogens (primary N) is 3. The lowest BCUT2D eigenvalue weighted by molar-refractivity contribution is -0.129. The average molecular weight is 756 g/mol. The Hall–Kier alpha value is -4.38. The normalized spacial score (nSPS) is 13.4. The van der Waals surface area contributed by atoms with E-state index in [0.717, 1.165) is 55.2 Å². The van der Waals surface area contributed by atoms with Crippen molar-refractivity contribution in [3.8, 4) is 11.1 Å². The van der Waals surface area contributed by atoms with E-state index in [2.05, 4.69) is 74.1 Å². The predicted molar refractivity (Wildman–Crippen MR) is 207 cm³/mol. The summed E-state index contributed by atoms with van der Waals surface area (Å²) < 4.78 is 0. The first-order valence-electron chi connectivity index (χ1n) is 17.9. The van der Waals surface area contributed by atoms with Crippen molar-refractivity contribution in [1.82, 2.24) is 25.5 Å². The van der Waals surface area contributed by atoms with Crippen LogP contribution in [0.15, 0.2) is 53.5 Å². The van der Waals surface area contributed by atoms with Crippen LogP contribution in [-0.2, 0) is 17.6 Å². The maximum absolute atomic E-state index is 12.7. The SMILES string of the molecule is CN(CCCCCNCC(O)C(O)C(O)CCO)C(=O)CCc1ccc(-c2ccc(CCCCN=C(N)NC(=O)c3nc(Cl)c(N)nc3N)cc2)cc1. The summed E-state index contributed by atoms with van der Waals surface area (Å²) in [4.78, 5) is 38.6. The van der Waals surface area contributed by atoms with E-state index in [-0.39, 0.29) is 53.9 Å². The van der Waals surface area contributed by atoms with E-state index in [1.54, 1.807) is 4.90 Å². The van der Waals surface area contributed by atoms with Gasteiger partial charge < -0.3 is 47.8 Å². The Morgan fingerprint density at radius 1 is 0.868 bits per heavy atom. The fraction of sp³-hybridized carbons (Fsp3) is 0.486. The van der Waals surface area contributed by atoms with Crippen molar-refractivity contribution < 1.29 is 30.0 Å². The first-order valence-corrected chi connectivity index (χ1v) is 18.2. The Labute approximate surface area is 315 Å². The molecule has 2 aromatic carbocycles. The van der Waals surface area contributed by atoms with Gasteiger partial charge in [-0.3, -0.25) is 19.9 Å². The predicted octanol–water partition coefficient (Wildman–Crippen LogP) is 1.64. The Balaban J connectivity index is 1.29. The van der Waals surface area contributed by atoms with Crippen molar-refractivity contribution in [2.45, 2.75) is 76.1 Å². The highest BCUT2D eigenvalue weighted by Gasteiger charge is 2.23. The highest BCUT2D eigenvalue weighted by atomic mass is 35.5. The lowest BCUT2D eigenvalue weighted by atomic mass is 9.99. The zero-order chi connectivity index (χ0) is 38.8. The second kappa shape index (κ2) is 22.6. The van der Waals surface area contributed by atoms with Crippen LogP contribution in [0.3, 0.4) is 0 Å². The zero-order valence-electron chi connectivity index (χ0n) is 30.3. The minimum absolute atomic E-state index is 0.0123. The fourth-order valence-corrected chi connectivity index (χ4v) is 5.59. The summed E-state index contributed by atoms with van der Waals surface area (Å²) in [6.07, 6.45) is 2.68. The number of nitrogen functional groups attached to an aromatic ring is 2. The molecule has 3 unspecified atom stereocenters. The lowest BCUT2D eigenvalue weighted by Gasteiger charge is -2.22. The number of unbranched alkanes of at least 4 members (excludes halogenated alkanes) is 3. The van der Waals surface area contributed by atoms with Gasteiger partial charge in [0, 0.05) is 39.7 Å². The van der Waals surface area contributed by atoms with Crippen LogP contribution in [0.4, 0.5) is 11.6 Å². The summed E-state index contributed by atoms with van der Waals surface area (Å²) in [7, 11) is 1.82. The van der Waals surface area contributed by atoms with Crippen molar-refractivity contribution in [3.05, 3.63) is 70.5 Å². The number of hydrogen-bond acceptors (Lipinski definition) is 12. The number of hydrogen-bond donors (Lipinski definition) is 9. The number of anilines is 2. The molecule has 0 fully saturated rings. The number of aliphatic hydroxyl groups is 4. The number of guanidine groups is 1. The Morgan fingerprint density at radius 2 is 1.51 bits per heavy atom. The van der Waals surface area contributed by atoms with E-state index >= 15 is 0 Å². The number of carbonyl (C=O) groups excluding carboxylic acids is 2. The minimum Gasteiger partial charge on any atom is -0.396 e. The summed E-state index contributed by atoms with van der Waals surface area (Å²) in [5.74, 6) is -0.859. The van der Waals surface area contributed by atoms with Crippen LogP contribution in [-0.4, -0.2) is 111 Å². The number of benzene rings is 2. The number of aryl methyl sites for hydroxylation is 2. The average Bonchev–Trinajstić information content (AvgIpc) is 3.14. The van der Waals surface area contributed by atoms with Crippen LogP contribution < -0.4 is 27.8 Å². The molecule has 0 saturated heterocycles. The highest BCUT2D eigenvalue weighted by molar-refractivity contribution is 6.31. The van der Waals surface area contributed by atoms with E-state index < -0.39 is 24.2 Å². The Morgan fingerprint density at radius 3 is 2.15 bits per heavy atom. The molecule has 2 amide bonds. The van der Waals surface area contributed by atoms with Gasteiger partial charge in [0.05, 0.1) is 12.2 Å². The fourth-order valence-electron chi connectivity index (χ4n) is 5.46. The molecule has 1 heterocycles. The van der Waals surface area contributed by atoms with E-state index in [1.165, 1.54) is 5.56 Å². The van der Waals surface area contributed by atoms with E-state index in [4.69, 9.17) is 33.9 Å². The number of rotatable bonds is 22. The summed E-state index contributed by atoms with van der Waals surface area (Å²) in [5.41, 5.74) is 21.4. The van der Waals surface area contributed by atoms with Crippen LogP contribution >= 0.6 is 11.6 Å². The van der Waals surface area contributed by atoms with Crippen molar-refractivity contribution in [1.29, 1.82) is 0 Å². The molecule has 0 bridgehead atoms. The lowest BCUT2D eigenvalue weighted by Crippen LogP contribution is -2.43. The second-order valence-electron chi connectivity index (χ2n) is 12.9. The molecule has 53 heavy (non-hydrogen) atoms. The van der Waals surface area contributed by atoms with Gasteiger partial charge in [0.2, 0.25) is 5.91 Å². The van der Waals surface area contributed by atoms with E-state index in [1.807, 2.05) is 7.05 Å². The molecule has 12 N–H and O–H groups in total. The second-order valence-corrected chi connectivity index (χ2v) is 13.3. The zero-order valence-corrected chi connectivity index (χ0v) is 31.0. The monoisotopic (exact) mass is 755 g/mol. The van der Waals surface area contributed by atoms with Gasteiger partial charge >= 0.3 is 0 Å². The molecule has 0 spiro atoms. The molecular formula is C37H54ClN9O6. The van der Waals surface area contributed by atoms with Gasteiger partial charge in [-0.1, -0.05) is 66.6 Å². The third-order valence-corrected chi connectivity index (χ3v) is 9.00. The topological polar surface area (TPSA) is 259 Å². The number of amides is 2. The number of aromatic nitrogens is 2. The number of halogens is 1. The van der Waals surface area contributed by atoms with Crippen molar-refractivity contribution in [2.75, 3.05) is 51.3 Å². The third-order valence-electron chi connectivity index (χ3n) is 8.73. The molecule has 15 nitrogen and oxygen atoms in total. The van der Waals surface area contributed by atoms with Crippen LogP contribution in [0.2, 0.25) is 5.15 Å². The van der Waals surface area contributed by atoms with Gasteiger partial charge in [0.1, 0.15) is 6.10 Å². The maximum Gasteiger partial charge on any atom is 0.280 e. The van der Waals surface area contributed by atoms with Gasteiger partial charge in [-0.15, -0.1) is 0 Å². The first-order chi connectivity index (χ1) is 25.4. The van der Waals surface area contributed by atoms with Gasteiger partial charge in [0.25, 0.3) is 5.91 Å². The van der Waals surface area contributed by atoms with Gasteiger partial charge in [0.15, 0.2) is 28.4 Å². The van der Waals surface area contributed by atoms with Crippen molar-refractivity contribution in [2.24, 2.45) is 10.7 Å². The summed E-state index contributed by atoms with van der Waals surface area (Å²) in [6, 6.07) is 16.7. The molecule has 0 aliphatic carbocycles. The minimum atomic E-state index is -1.30. The third kappa shape index (κ3) is 14.9. The Kier molecular flexibility index (Phi) is 18.4. The molecule has 3 rings (SSSR count). The number of aliphatic imine (C=N–C) groups is 1. The molecule has 16 heteroatoms. The molecular weight excluding hydrogens is 702 g/mol. The molecule has 0 saturated carbocycles. The first kappa shape index (κ1) is 43.0. The van der Waals surface area contributed by atoms with E-state index in [9.17, 15) is 24.9 Å². The summed E-state index contributed by atoms with van der Waals surface area (Å²) >= 11 is 5.83. The van der Waals surface area contributed by atoms with Crippen LogP contribution in [0.1, 0.15) is 66.6 Å². The number of carbonyl (C=O) groups is 2. The van der Waals surface area contributed by atoms with Crippen molar-refractivity contribution in [3.63, 3.8) is 0 Å². The maximum atomic E-state index is 12.7. The molecule has 290 valence electrons. The van der Waals surface area contributed by atoms with Crippen LogP contribution in [0.5, 0.6) is 0 Å². The molecule has 0 aliphatic rings. The number of nitrogens with zero attached hydrogens (tertiary/aromatic N) is 4. The van der Waals surface area contributed by atoms with E-state index in [0.29, 0.717) is 32.5 Å². The Bertz CT molecular complexity index is 1610. The standard InChI is InChI=1S/C37H54ClN9O6/c1-47(21-6-2-4-19-42-23-29(50)32(52)28(49)18-22-48)30(51)17-12-25-10-15-27(16-11-25)26-13-8-24(9-14-26)7-3-5-20-43-37(41)46-36(53)31-34(39)45-35(40)33(38)44-31/h8-11,13-16,28-29,32,42,48-50,52H,2-7,12,17-23H2,1H3,(H4,39,40,45)(H3,41,43,46,53). The quantitative estimate of drug-likeness (QED) is 0.0403. The molecule has 3 atom stereocenters. The van der Waals surface area contributed by atoms with Gasteiger partial charge in [-0.2, -0.15) is 0 Å². The number of aliphatic hydroxyl groups excluding tert-OH is 4. The van der Waals surface area contributed by atoms with Gasteiger partial charge in [-0.05, 0) is 73.7 Å². The largest absolute Gasteiger partial charge is 0.396 e. The van der Waals surface area contributed by atoms with Crippen LogP contribution in [0.25, 0.3) is 11.1 Å². The smallest absolute Gasteiger partial charge is 0.280 e. The molecule has 3 aromatic rings. The van der Waals surface area contributed by atoms with Crippen LogP contribution in [0, 0.1) is 0 Å². The molecule has 1 aromatic heterocycles. The number of nitrogens with one attached hydrogen (secondary N) is 2. The summed E-state index contributed by atoms with van der Waals surface area (Å²) in [5, 5.41) is 43.6. The van der Waals surface area contributed by atoms with Gasteiger partial charge in [-0.25, -0.2) is 9.97 Å². The molecule has 0 radical (unpaired) electrons. The molecule has 0 aliphatic heterocycles. The summed E-state index contributed by atoms with van der Waals surface area (Å²) in [6.45, 7) is 1.64. The highest BCUT2D eigenvalue weighted by Crippen LogP contribution is 2.22.